The van der Waals surface area contributed by atoms with Gasteiger partial charge in [-0.25, -0.2) is 4.79 Å². The van der Waals surface area contributed by atoms with Crippen LogP contribution in [-0.2, 0) is 11.8 Å². The van der Waals surface area contributed by atoms with Crippen molar-refractivity contribution >= 4 is 17.9 Å². The molecule has 2 heterocycles. The average Bonchev–Trinajstić information content (AvgIpc) is 3.23. The Morgan fingerprint density at radius 1 is 1.12 bits per heavy atom. The molecule has 1 amide bonds. The van der Waals surface area contributed by atoms with Crippen molar-refractivity contribution in [2.45, 2.75) is 0 Å². The fraction of sp³-hybridized carbons (Fsp3) is 0.133. The van der Waals surface area contributed by atoms with Crippen molar-refractivity contribution in [2.24, 2.45) is 7.05 Å². The summed E-state index contributed by atoms with van der Waals surface area (Å²) in [5, 5.41) is 14.2. The van der Waals surface area contributed by atoms with E-state index >= 15 is 0 Å². The lowest BCUT2D eigenvalue weighted by atomic mass is 10.1. The Kier molecular flexibility index (Phi) is 4.06. The molecule has 9 nitrogen and oxygen atoms in total. The molecule has 0 fully saturated rings. The zero-order valence-electron chi connectivity index (χ0n) is 12.9. The molecule has 0 unspecified atom stereocenters. The fourth-order valence-electron chi connectivity index (χ4n) is 1.95. The van der Waals surface area contributed by atoms with Crippen LogP contribution in [0, 0.1) is 0 Å². The number of anilines is 1. The summed E-state index contributed by atoms with van der Waals surface area (Å²) in [4.78, 5) is 23.5. The molecule has 0 saturated heterocycles. The predicted molar refractivity (Wildman–Crippen MR) is 82.2 cm³/mol. The number of nitrogens with one attached hydrogen (secondary N) is 1. The van der Waals surface area contributed by atoms with Gasteiger partial charge >= 0.3 is 12.0 Å². The van der Waals surface area contributed by atoms with Crippen LogP contribution in [0.15, 0.2) is 40.9 Å². The van der Waals surface area contributed by atoms with Gasteiger partial charge < -0.3 is 9.15 Å². The van der Waals surface area contributed by atoms with Crippen molar-refractivity contribution in [1.29, 1.82) is 0 Å². The molecular formula is C15H13N5O4. The number of aryl methyl sites for hydroxylation is 1. The van der Waals surface area contributed by atoms with E-state index in [1.807, 2.05) is 0 Å². The SMILES string of the molecule is COC(=O)c1ccc(C(=O)Nc2nnc(-c3ccn(C)n3)o2)cc1. The highest BCUT2D eigenvalue weighted by molar-refractivity contribution is 6.03. The van der Waals surface area contributed by atoms with Crippen LogP contribution < -0.4 is 5.32 Å². The number of aromatic nitrogens is 4. The summed E-state index contributed by atoms with van der Waals surface area (Å²) in [6.45, 7) is 0. The highest BCUT2D eigenvalue weighted by Crippen LogP contribution is 2.18. The van der Waals surface area contributed by atoms with Gasteiger partial charge in [0.1, 0.15) is 5.69 Å². The normalized spacial score (nSPS) is 10.4. The van der Waals surface area contributed by atoms with Gasteiger partial charge in [0.05, 0.1) is 12.7 Å². The lowest BCUT2D eigenvalue weighted by molar-refractivity contribution is 0.0600. The molecule has 122 valence electrons. The number of esters is 1. The van der Waals surface area contributed by atoms with Gasteiger partial charge in [0.25, 0.3) is 11.8 Å². The zero-order valence-corrected chi connectivity index (χ0v) is 12.9. The monoisotopic (exact) mass is 327 g/mol. The summed E-state index contributed by atoms with van der Waals surface area (Å²) in [5.41, 5.74) is 1.19. The van der Waals surface area contributed by atoms with Gasteiger partial charge in [-0.05, 0) is 30.3 Å². The van der Waals surface area contributed by atoms with Gasteiger partial charge in [-0.3, -0.25) is 14.8 Å². The number of hydrogen-bond donors (Lipinski definition) is 1. The third-order valence-corrected chi connectivity index (χ3v) is 3.15. The molecule has 0 saturated carbocycles. The molecule has 3 aromatic rings. The fourth-order valence-corrected chi connectivity index (χ4v) is 1.95. The molecular weight excluding hydrogens is 314 g/mol. The third kappa shape index (κ3) is 3.14. The predicted octanol–water partition coefficient (Wildman–Crippen LogP) is 1.51. The van der Waals surface area contributed by atoms with E-state index in [2.05, 4.69) is 25.3 Å². The number of benzene rings is 1. The van der Waals surface area contributed by atoms with Crippen molar-refractivity contribution < 1.29 is 18.7 Å². The van der Waals surface area contributed by atoms with Crippen molar-refractivity contribution in [3.8, 4) is 11.6 Å². The van der Waals surface area contributed by atoms with Crippen LogP contribution in [0.1, 0.15) is 20.7 Å². The van der Waals surface area contributed by atoms with E-state index in [-0.39, 0.29) is 11.9 Å². The first-order valence-electron chi connectivity index (χ1n) is 6.90. The maximum Gasteiger partial charge on any atom is 0.337 e. The van der Waals surface area contributed by atoms with Crippen LogP contribution in [0.3, 0.4) is 0 Å². The van der Waals surface area contributed by atoms with Crippen LogP contribution in [0.5, 0.6) is 0 Å². The number of methoxy groups -OCH3 is 1. The summed E-state index contributed by atoms with van der Waals surface area (Å²) < 4.78 is 11.5. The molecule has 1 N–H and O–H groups in total. The van der Waals surface area contributed by atoms with Crippen molar-refractivity contribution in [3.05, 3.63) is 47.7 Å². The summed E-state index contributed by atoms with van der Waals surface area (Å²) in [7, 11) is 3.05. The van der Waals surface area contributed by atoms with E-state index in [9.17, 15) is 9.59 Å². The molecule has 3 rings (SSSR count). The minimum Gasteiger partial charge on any atom is -0.465 e. The Bertz CT molecular complexity index is 881. The number of carbonyl (C=O) groups is 2. The number of hydrogen-bond acceptors (Lipinski definition) is 7. The minimum absolute atomic E-state index is 0.0438. The molecule has 0 spiro atoms. The third-order valence-electron chi connectivity index (χ3n) is 3.15. The molecule has 0 aliphatic rings. The topological polar surface area (TPSA) is 112 Å². The Labute approximate surface area is 136 Å². The second-order valence-corrected chi connectivity index (χ2v) is 4.81. The van der Waals surface area contributed by atoms with Gasteiger partial charge in [-0.1, -0.05) is 5.10 Å². The van der Waals surface area contributed by atoms with Crippen molar-refractivity contribution in [1.82, 2.24) is 20.0 Å². The highest BCUT2D eigenvalue weighted by Gasteiger charge is 2.15. The van der Waals surface area contributed by atoms with Crippen LogP contribution in [0.2, 0.25) is 0 Å². The first kappa shape index (κ1) is 15.4. The molecule has 0 aliphatic carbocycles. The number of ether oxygens (including phenoxy) is 1. The Balaban J connectivity index is 1.71. The summed E-state index contributed by atoms with van der Waals surface area (Å²) in [6, 6.07) is 7.65. The zero-order chi connectivity index (χ0) is 17.1. The van der Waals surface area contributed by atoms with Gasteiger partial charge in [-0.2, -0.15) is 5.10 Å². The maximum atomic E-state index is 12.1. The number of nitrogens with zero attached hydrogens (tertiary/aromatic N) is 4. The lowest BCUT2D eigenvalue weighted by Crippen LogP contribution is -2.12. The van der Waals surface area contributed by atoms with E-state index in [4.69, 9.17) is 4.42 Å². The Morgan fingerprint density at radius 2 is 1.83 bits per heavy atom. The van der Waals surface area contributed by atoms with Gasteiger partial charge in [-0.15, -0.1) is 5.10 Å². The minimum atomic E-state index is -0.473. The number of amides is 1. The average molecular weight is 327 g/mol. The Hall–Kier alpha value is -3.49. The van der Waals surface area contributed by atoms with Crippen LogP contribution in [0.4, 0.5) is 6.01 Å². The van der Waals surface area contributed by atoms with E-state index in [0.29, 0.717) is 16.8 Å². The van der Waals surface area contributed by atoms with E-state index < -0.39 is 11.9 Å². The van der Waals surface area contributed by atoms with Gasteiger partial charge in [0.2, 0.25) is 0 Å². The quantitative estimate of drug-likeness (QED) is 0.723. The van der Waals surface area contributed by atoms with Crippen LogP contribution in [0.25, 0.3) is 11.6 Å². The molecule has 24 heavy (non-hydrogen) atoms. The standard InChI is InChI=1S/C15H13N5O4/c1-20-8-7-11(19-20)13-17-18-15(24-13)16-12(21)9-3-5-10(6-4-9)14(22)23-2/h3-8H,1-2H3,(H,16,18,21). The maximum absolute atomic E-state index is 12.1. The number of carbonyl (C=O) groups excluding carboxylic acids is 2. The van der Waals surface area contributed by atoms with E-state index in [1.54, 1.807) is 24.0 Å². The van der Waals surface area contributed by atoms with Crippen LogP contribution >= 0.6 is 0 Å². The van der Waals surface area contributed by atoms with E-state index in [0.717, 1.165) is 0 Å². The van der Waals surface area contributed by atoms with Crippen molar-refractivity contribution in [3.63, 3.8) is 0 Å². The molecule has 0 atom stereocenters. The smallest absolute Gasteiger partial charge is 0.337 e. The number of rotatable bonds is 4. The molecule has 2 aromatic heterocycles. The summed E-state index contributed by atoms with van der Waals surface area (Å²) in [6.07, 6.45) is 1.74. The highest BCUT2D eigenvalue weighted by atomic mass is 16.5. The largest absolute Gasteiger partial charge is 0.465 e. The first-order valence-corrected chi connectivity index (χ1v) is 6.90. The van der Waals surface area contributed by atoms with Gasteiger partial charge in [0, 0.05) is 18.8 Å². The van der Waals surface area contributed by atoms with Crippen molar-refractivity contribution in [2.75, 3.05) is 12.4 Å². The second kappa shape index (κ2) is 6.32. The molecule has 0 bridgehead atoms. The van der Waals surface area contributed by atoms with Gasteiger partial charge in [0.15, 0.2) is 0 Å². The molecule has 0 aliphatic heterocycles. The summed E-state index contributed by atoms with van der Waals surface area (Å²) in [5.74, 6) is -0.714. The Morgan fingerprint density at radius 3 is 2.46 bits per heavy atom. The summed E-state index contributed by atoms with van der Waals surface area (Å²) >= 11 is 0. The molecule has 0 radical (unpaired) electrons. The van der Waals surface area contributed by atoms with E-state index in [1.165, 1.54) is 31.4 Å². The van der Waals surface area contributed by atoms with Crippen LogP contribution in [-0.4, -0.2) is 39.0 Å². The molecule has 1 aromatic carbocycles. The first-order chi connectivity index (χ1) is 11.6. The lowest BCUT2D eigenvalue weighted by Gasteiger charge is -2.02. The molecule has 9 heteroatoms. The second-order valence-electron chi connectivity index (χ2n) is 4.81.